The molecule has 248 valence electrons. The molecule has 11 heteroatoms. The zero-order valence-electron chi connectivity index (χ0n) is 27.2. The number of nitrogens with zero attached hydrogens (tertiary/aromatic N) is 2. The molecule has 2 aromatic carbocycles. The number of nitrogens with one attached hydrogen (secondary N) is 4. The first-order chi connectivity index (χ1) is 22.6. The summed E-state index contributed by atoms with van der Waals surface area (Å²) in [5.74, 6) is -1.87. The lowest BCUT2D eigenvalue weighted by Crippen LogP contribution is -2.57. The molecule has 0 aliphatic carbocycles. The van der Waals surface area contributed by atoms with Gasteiger partial charge in [-0.2, -0.15) is 0 Å². The van der Waals surface area contributed by atoms with E-state index in [-0.39, 0.29) is 24.2 Å². The molecule has 5 amide bonds. The van der Waals surface area contributed by atoms with E-state index in [9.17, 15) is 24.0 Å². The summed E-state index contributed by atoms with van der Waals surface area (Å²) in [4.78, 5) is 72.5. The first kappa shape index (κ1) is 34.8. The molecule has 0 saturated carbocycles. The van der Waals surface area contributed by atoms with Crippen LogP contribution < -0.4 is 21.3 Å². The van der Waals surface area contributed by atoms with E-state index in [1.807, 2.05) is 44.2 Å². The Kier molecular flexibility index (Phi) is 12.6. The van der Waals surface area contributed by atoms with Crippen LogP contribution in [0.2, 0.25) is 0 Å². The van der Waals surface area contributed by atoms with Gasteiger partial charge in [0, 0.05) is 49.6 Å². The maximum atomic E-state index is 13.7. The lowest BCUT2D eigenvalue weighted by Gasteiger charge is -2.25. The van der Waals surface area contributed by atoms with E-state index in [0.29, 0.717) is 50.0 Å². The minimum atomic E-state index is -0.977. The van der Waals surface area contributed by atoms with Crippen molar-refractivity contribution in [1.82, 2.24) is 31.2 Å². The zero-order chi connectivity index (χ0) is 33.8. The summed E-state index contributed by atoms with van der Waals surface area (Å²) >= 11 is 0. The SMILES string of the molecule is CC(C)C[C@@H]1NC(=O)[C@@H](Cc2ccccc2)NC(=O)c2ccc(cc2)CN(C(=O)c2ccncc2)CCCCNC(=O)[C@@H](C)NC1=O. The first-order valence-electron chi connectivity index (χ1n) is 16.1. The number of benzene rings is 2. The number of fused-ring (bicyclic) bond motifs is 18. The van der Waals surface area contributed by atoms with Crippen molar-refractivity contribution in [3.63, 3.8) is 0 Å². The van der Waals surface area contributed by atoms with Crippen LogP contribution in [-0.2, 0) is 27.3 Å². The van der Waals surface area contributed by atoms with Crippen LogP contribution in [0.15, 0.2) is 79.1 Å². The molecular weight excluding hydrogens is 596 g/mol. The second-order valence-electron chi connectivity index (χ2n) is 12.3. The van der Waals surface area contributed by atoms with Gasteiger partial charge in [0.25, 0.3) is 11.8 Å². The van der Waals surface area contributed by atoms with E-state index >= 15 is 0 Å². The summed E-state index contributed by atoms with van der Waals surface area (Å²) in [7, 11) is 0. The molecule has 1 aromatic heterocycles. The quantitative estimate of drug-likeness (QED) is 0.315. The third kappa shape index (κ3) is 10.5. The van der Waals surface area contributed by atoms with E-state index in [1.54, 1.807) is 60.6 Å². The maximum absolute atomic E-state index is 13.7. The van der Waals surface area contributed by atoms with E-state index in [1.165, 1.54) is 0 Å². The Hall–Kier alpha value is -5.06. The van der Waals surface area contributed by atoms with Gasteiger partial charge >= 0.3 is 0 Å². The van der Waals surface area contributed by atoms with Crippen LogP contribution in [0.5, 0.6) is 0 Å². The molecule has 3 atom stereocenters. The predicted molar refractivity (Wildman–Crippen MR) is 178 cm³/mol. The van der Waals surface area contributed by atoms with Crippen LogP contribution in [0.25, 0.3) is 0 Å². The molecular formula is C36H44N6O5. The second-order valence-corrected chi connectivity index (χ2v) is 12.3. The molecule has 4 N–H and O–H groups in total. The number of carbonyl (C=O) groups excluding carboxylic acids is 5. The molecule has 0 saturated heterocycles. The summed E-state index contributed by atoms with van der Waals surface area (Å²) in [6, 6.07) is 16.8. The third-order valence-electron chi connectivity index (χ3n) is 7.95. The molecule has 2 aliphatic heterocycles. The lowest BCUT2D eigenvalue weighted by molar-refractivity contribution is -0.132. The number of hydrogen-bond acceptors (Lipinski definition) is 6. The smallest absolute Gasteiger partial charge is 0.254 e. The fraction of sp³-hybridized carbons (Fsp3) is 0.389. The highest BCUT2D eigenvalue weighted by atomic mass is 16.2. The van der Waals surface area contributed by atoms with Crippen molar-refractivity contribution in [2.24, 2.45) is 5.92 Å². The van der Waals surface area contributed by atoms with Crippen molar-refractivity contribution in [2.45, 2.75) is 71.1 Å². The maximum Gasteiger partial charge on any atom is 0.254 e. The molecule has 47 heavy (non-hydrogen) atoms. The molecule has 3 heterocycles. The Morgan fingerprint density at radius 2 is 1.51 bits per heavy atom. The van der Waals surface area contributed by atoms with Gasteiger partial charge in [-0.05, 0) is 67.5 Å². The number of aromatic nitrogens is 1. The molecule has 0 radical (unpaired) electrons. The summed E-state index contributed by atoms with van der Waals surface area (Å²) < 4.78 is 0. The van der Waals surface area contributed by atoms with E-state index in [0.717, 1.165) is 11.1 Å². The van der Waals surface area contributed by atoms with Crippen molar-refractivity contribution in [1.29, 1.82) is 0 Å². The third-order valence-corrected chi connectivity index (χ3v) is 7.95. The van der Waals surface area contributed by atoms with Crippen LogP contribution in [0.4, 0.5) is 0 Å². The molecule has 0 unspecified atom stereocenters. The first-order valence-corrected chi connectivity index (χ1v) is 16.1. The zero-order valence-corrected chi connectivity index (χ0v) is 27.2. The summed E-state index contributed by atoms with van der Waals surface area (Å²) in [6.45, 7) is 6.59. The number of carbonyl (C=O) groups is 5. The standard InChI is InChI=1S/C36H44N6O5/c1-24(2)21-30-34(45)39-25(3)32(43)38-17-7-8-20-42(36(47)29-15-18-37-19-16-29)23-27-11-13-28(14-12-27)33(44)40-31(35(46)41-30)22-26-9-5-4-6-10-26/h4-6,9-16,18-19,24-25,30-31H,7-8,17,20-23H2,1-3H3,(H,38,43)(H,39,45)(H,40,44)(H,41,46)/t25-,30+,31-/m1/s1. The fourth-order valence-corrected chi connectivity index (χ4v) is 5.36. The van der Waals surface area contributed by atoms with Crippen molar-refractivity contribution < 1.29 is 24.0 Å². The van der Waals surface area contributed by atoms with Gasteiger partial charge in [0.2, 0.25) is 17.7 Å². The monoisotopic (exact) mass is 640 g/mol. The van der Waals surface area contributed by atoms with Crippen molar-refractivity contribution in [3.05, 3.63) is 101 Å². The molecule has 5 rings (SSSR count). The Morgan fingerprint density at radius 3 is 2.19 bits per heavy atom. The van der Waals surface area contributed by atoms with Gasteiger partial charge in [0.1, 0.15) is 18.1 Å². The fourth-order valence-electron chi connectivity index (χ4n) is 5.36. The minimum absolute atomic E-state index is 0.0651. The molecule has 0 fully saturated rings. The van der Waals surface area contributed by atoms with E-state index < -0.39 is 35.8 Å². The van der Waals surface area contributed by atoms with Crippen LogP contribution in [0, 0.1) is 5.92 Å². The van der Waals surface area contributed by atoms with Gasteiger partial charge < -0.3 is 26.2 Å². The van der Waals surface area contributed by atoms with Gasteiger partial charge in [0.05, 0.1) is 0 Å². The van der Waals surface area contributed by atoms with E-state index in [4.69, 9.17) is 0 Å². The number of pyridine rings is 1. The van der Waals surface area contributed by atoms with Gasteiger partial charge in [-0.3, -0.25) is 29.0 Å². The number of rotatable bonds is 5. The Balaban J connectivity index is 1.62. The van der Waals surface area contributed by atoms with Crippen molar-refractivity contribution >= 4 is 29.5 Å². The number of amides is 5. The topological polar surface area (TPSA) is 150 Å². The molecule has 3 aromatic rings. The van der Waals surface area contributed by atoms with Crippen LogP contribution in [0.1, 0.15) is 71.9 Å². The lowest BCUT2D eigenvalue weighted by atomic mass is 10.0. The van der Waals surface area contributed by atoms with Crippen molar-refractivity contribution in [3.8, 4) is 0 Å². The normalized spacial score (nSPS) is 20.4. The number of hydrogen-bond donors (Lipinski definition) is 4. The highest BCUT2D eigenvalue weighted by molar-refractivity contribution is 5.99. The van der Waals surface area contributed by atoms with E-state index in [2.05, 4.69) is 26.3 Å². The average molecular weight is 641 g/mol. The van der Waals surface area contributed by atoms with Crippen LogP contribution >= 0.6 is 0 Å². The molecule has 0 spiro atoms. The molecule has 2 bridgehead atoms. The van der Waals surface area contributed by atoms with Gasteiger partial charge in [-0.25, -0.2) is 0 Å². The highest BCUT2D eigenvalue weighted by Crippen LogP contribution is 2.14. The van der Waals surface area contributed by atoms with Crippen LogP contribution in [-0.4, -0.2) is 70.6 Å². The molecule has 11 nitrogen and oxygen atoms in total. The second kappa shape index (κ2) is 17.0. The largest absolute Gasteiger partial charge is 0.354 e. The van der Waals surface area contributed by atoms with Crippen molar-refractivity contribution in [2.75, 3.05) is 13.1 Å². The Bertz CT molecular complexity index is 1510. The summed E-state index contributed by atoms with van der Waals surface area (Å²) in [5, 5.41) is 11.3. The Morgan fingerprint density at radius 1 is 0.830 bits per heavy atom. The summed E-state index contributed by atoms with van der Waals surface area (Å²) in [5.41, 5.74) is 2.53. The average Bonchev–Trinajstić information content (AvgIpc) is 3.07. The highest BCUT2D eigenvalue weighted by Gasteiger charge is 2.29. The molecule has 2 aliphatic rings. The summed E-state index contributed by atoms with van der Waals surface area (Å²) in [6.07, 6.45) is 4.93. The predicted octanol–water partition coefficient (Wildman–Crippen LogP) is 3.01. The Labute approximate surface area is 275 Å². The minimum Gasteiger partial charge on any atom is -0.354 e. The van der Waals surface area contributed by atoms with Crippen LogP contribution in [0.3, 0.4) is 0 Å². The van der Waals surface area contributed by atoms with Gasteiger partial charge in [0.15, 0.2) is 0 Å². The van der Waals surface area contributed by atoms with Gasteiger partial charge in [-0.1, -0.05) is 56.3 Å². The van der Waals surface area contributed by atoms with Gasteiger partial charge in [-0.15, -0.1) is 0 Å².